The zero-order valence-electron chi connectivity index (χ0n) is 9.89. The van der Waals surface area contributed by atoms with Gasteiger partial charge in [0.15, 0.2) is 0 Å². The average Bonchev–Trinajstić information content (AvgIpc) is 2.03. The Morgan fingerprint density at radius 1 is 1.21 bits per heavy atom. The average molecular weight is 201 g/mol. The fourth-order valence-corrected chi connectivity index (χ4v) is 1.40. The van der Waals surface area contributed by atoms with E-state index in [-0.39, 0.29) is 35.0 Å². The minimum atomic E-state index is 0. The molecule has 1 aromatic carbocycles. The molecule has 2 heteroatoms. The molecule has 0 saturated heterocycles. The second-order valence-electron chi connectivity index (χ2n) is 4.46. The normalized spacial score (nSPS) is 10.9. The van der Waals surface area contributed by atoms with Gasteiger partial charge >= 0.3 is 0 Å². The predicted octanol–water partition coefficient (Wildman–Crippen LogP) is 2.87. The smallest absolute Gasteiger partial charge is 0.119 e. The van der Waals surface area contributed by atoms with Crippen molar-refractivity contribution in [2.24, 2.45) is 0 Å². The maximum atomic E-state index is 9.67. The van der Waals surface area contributed by atoms with E-state index in [1.54, 1.807) is 6.07 Å². The van der Waals surface area contributed by atoms with Crippen molar-refractivity contribution in [2.45, 2.75) is 39.5 Å². The third kappa shape index (κ3) is 3.30. The van der Waals surface area contributed by atoms with Gasteiger partial charge < -0.3 is 5.11 Å². The van der Waals surface area contributed by atoms with E-state index in [1.807, 2.05) is 6.07 Å². The molecule has 0 saturated carbocycles. The first-order chi connectivity index (χ1) is 5.95. The van der Waals surface area contributed by atoms with Gasteiger partial charge in [-0.1, -0.05) is 39.8 Å². The van der Waals surface area contributed by atoms with Gasteiger partial charge in [0, 0.05) is 29.6 Å². The van der Waals surface area contributed by atoms with Crippen LogP contribution in [0.5, 0.6) is 5.75 Å². The van der Waals surface area contributed by atoms with E-state index in [1.165, 1.54) is 5.56 Å². The molecule has 0 amide bonds. The summed E-state index contributed by atoms with van der Waals surface area (Å²) >= 11 is 0. The van der Waals surface area contributed by atoms with Crippen molar-refractivity contribution in [2.75, 3.05) is 0 Å². The topological polar surface area (TPSA) is 20.2 Å². The van der Waals surface area contributed by atoms with Gasteiger partial charge in [0.2, 0.25) is 0 Å². The zero-order chi connectivity index (χ0) is 10.1. The quantitative estimate of drug-likeness (QED) is 0.693. The Bertz CT molecular complexity index is 300. The largest absolute Gasteiger partial charge is 0.508 e. The molecule has 0 unspecified atom stereocenters. The number of aryl methyl sites for hydroxylation is 1. The molecule has 1 aromatic rings. The van der Waals surface area contributed by atoms with Crippen molar-refractivity contribution >= 4 is 29.6 Å². The molecule has 0 atom stereocenters. The molecule has 0 spiro atoms. The molecule has 0 fully saturated rings. The monoisotopic (exact) mass is 201 g/mol. The Morgan fingerprint density at radius 3 is 2.21 bits per heavy atom. The molecule has 1 N–H and O–H groups in total. The van der Waals surface area contributed by atoms with Crippen LogP contribution < -0.4 is 0 Å². The van der Waals surface area contributed by atoms with Crippen molar-refractivity contribution in [1.82, 2.24) is 0 Å². The van der Waals surface area contributed by atoms with E-state index in [0.717, 1.165) is 12.0 Å². The van der Waals surface area contributed by atoms with Crippen molar-refractivity contribution in [3.63, 3.8) is 0 Å². The Balaban J connectivity index is 0.00000169. The molecule has 0 heterocycles. The van der Waals surface area contributed by atoms with E-state index in [4.69, 9.17) is 0 Å². The number of benzene rings is 1. The molecule has 0 bridgehead atoms. The molecule has 1 rings (SSSR count). The first-order valence-electron chi connectivity index (χ1n) is 4.77. The molecule has 73 valence electrons. The number of phenols is 1. The first kappa shape index (κ1) is 14.0. The van der Waals surface area contributed by atoms with E-state index in [2.05, 4.69) is 33.8 Å². The van der Waals surface area contributed by atoms with Crippen LogP contribution in [0.2, 0.25) is 0 Å². The van der Waals surface area contributed by atoms with Gasteiger partial charge in [-0.15, -0.1) is 0 Å². The van der Waals surface area contributed by atoms with Gasteiger partial charge in [-0.2, -0.15) is 0 Å². The van der Waals surface area contributed by atoms with Crippen molar-refractivity contribution < 1.29 is 5.11 Å². The van der Waals surface area contributed by atoms with Crippen LogP contribution in [0, 0.1) is 0 Å². The number of hydrogen-bond acceptors (Lipinski definition) is 1. The van der Waals surface area contributed by atoms with Gasteiger partial charge in [0.1, 0.15) is 5.75 Å². The van der Waals surface area contributed by atoms with Gasteiger partial charge in [0.05, 0.1) is 0 Å². The van der Waals surface area contributed by atoms with E-state index < -0.39 is 0 Å². The van der Waals surface area contributed by atoms with Crippen LogP contribution >= 0.6 is 0 Å². The molecule has 0 aliphatic carbocycles. The van der Waals surface area contributed by atoms with Crippen LogP contribution in [0.1, 0.15) is 38.8 Å². The van der Waals surface area contributed by atoms with Crippen molar-refractivity contribution in [3.8, 4) is 5.75 Å². The Kier molecular flexibility index (Phi) is 5.21. The number of rotatable bonds is 1. The van der Waals surface area contributed by atoms with Crippen LogP contribution in [0.4, 0.5) is 0 Å². The first-order valence-corrected chi connectivity index (χ1v) is 4.77. The van der Waals surface area contributed by atoms with E-state index in [0.29, 0.717) is 5.75 Å². The van der Waals surface area contributed by atoms with Crippen LogP contribution in [0.3, 0.4) is 0 Å². The Morgan fingerprint density at radius 2 is 1.79 bits per heavy atom. The zero-order valence-corrected chi connectivity index (χ0v) is 11.9. The van der Waals surface area contributed by atoms with E-state index in [9.17, 15) is 5.11 Å². The summed E-state index contributed by atoms with van der Waals surface area (Å²) in [6, 6.07) is 5.86. The van der Waals surface area contributed by atoms with Crippen LogP contribution in [-0.4, -0.2) is 34.7 Å². The van der Waals surface area contributed by atoms with Crippen molar-refractivity contribution in [3.05, 3.63) is 29.3 Å². The Hall–Kier alpha value is 0.0200. The van der Waals surface area contributed by atoms with E-state index >= 15 is 0 Å². The van der Waals surface area contributed by atoms with Gasteiger partial charge in [-0.3, -0.25) is 0 Å². The maximum absolute atomic E-state index is 9.67. The third-order valence-electron chi connectivity index (χ3n) is 2.28. The summed E-state index contributed by atoms with van der Waals surface area (Å²) in [4.78, 5) is 0. The summed E-state index contributed by atoms with van der Waals surface area (Å²) in [6.45, 7) is 8.46. The molecule has 1 radical (unpaired) electrons. The number of phenolic OH excluding ortho intramolecular Hbond substituents is 1. The molecular formula is C12H18NaO. The molecule has 14 heavy (non-hydrogen) atoms. The van der Waals surface area contributed by atoms with Crippen LogP contribution in [0.15, 0.2) is 18.2 Å². The van der Waals surface area contributed by atoms with Crippen molar-refractivity contribution in [1.29, 1.82) is 0 Å². The summed E-state index contributed by atoms with van der Waals surface area (Å²) in [5.41, 5.74) is 2.34. The second-order valence-corrected chi connectivity index (χ2v) is 4.46. The molecule has 1 nitrogen and oxygen atoms in total. The summed E-state index contributed by atoms with van der Waals surface area (Å²) in [5.74, 6) is 0.407. The SMILES string of the molecule is CCc1ccc(O)c(C(C)(C)C)c1.[Na]. The van der Waals surface area contributed by atoms with Crippen LogP contribution in [0.25, 0.3) is 0 Å². The molecule has 0 aliphatic rings. The summed E-state index contributed by atoms with van der Waals surface area (Å²) in [6.07, 6.45) is 1.02. The van der Waals surface area contributed by atoms with Gasteiger partial charge in [-0.25, -0.2) is 0 Å². The minimum Gasteiger partial charge on any atom is -0.508 e. The summed E-state index contributed by atoms with van der Waals surface area (Å²) < 4.78 is 0. The number of hydrogen-bond donors (Lipinski definition) is 1. The summed E-state index contributed by atoms with van der Waals surface area (Å²) in [5, 5.41) is 9.67. The minimum absolute atomic E-state index is 0. The van der Waals surface area contributed by atoms with Crippen LogP contribution in [-0.2, 0) is 11.8 Å². The summed E-state index contributed by atoms with van der Waals surface area (Å²) in [7, 11) is 0. The third-order valence-corrected chi connectivity index (χ3v) is 2.28. The predicted molar refractivity (Wildman–Crippen MR) is 61.9 cm³/mol. The van der Waals surface area contributed by atoms with Gasteiger partial charge in [-0.05, 0) is 29.0 Å². The number of aromatic hydroxyl groups is 1. The standard InChI is InChI=1S/C12H18O.Na/c1-5-9-6-7-11(13)10(8-9)12(2,3)4;/h6-8,13H,5H2,1-4H3;. The second kappa shape index (κ2) is 5.20. The maximum Gasteiger partial charge on any atom is 0.119 e. The molecule has 0 aliphatic heterocycles. The molecule has 0 aromatic heterocycles. The molecular weight excluding hydrogens is 183 g/mol. The fraction of sp³-hybridized carbons (Fsp3) is 0.500. The Labute approximate surface area is 109 Å². The van der Waals surface area contributed by atoms with Gasteiger partial charge in [0.25, 0.3) is 0 Å². The fourth-order valence-electron chi connectivity index (χ4n) is 1.40.